The van der Waals surface area contributed by atoms with E-state index in [1.54, 1.807) is 23.5 Å². The minimum Gasteiger partial charge on any atom is -0.375 e. The second-order valence-corrected chi connectivity index (χ2v) is 5.28. The fourth-order valence-electron chi connectivity index (χ4n) is 1.49. The Bertz CT molecular complexity index is 483. The van der Waals surface area contributed by atoms with Crippen LogP contribution in [0, 0.1) is 5.82 Å². The molecular weight excluding hydrogens is 289 g/mol. The summed E-state index contributed by atoms with van der Waals surface area (Å²) in [6, 6.07) is 8.80. The van der Waals surface area contributed by atoms with Crippen molar-refractivity contribution < 1.29 is 4.39 Å². The molecule has 1 atom stereocenters. The van der Waals surface area contributed by atoms with Crippen molar-refractivity contribution in [1.29, 1.82) is 0 Å². The first kappa shape index (κ1) is 11.6. The summed E-state index contributed by atoms with van der Waals surface area (Å²) < 4.78 is 14.5. The molecule has 1 heterocycles. The Labute approximate surface area is 106 Å². The predicted molar refractivity (Wildman–Crippen MR) is 70.5 cm³/mol. The summed E-state index contributed by atoms with van der Waals surface area (Å²) in [6.07, 6.45) is 0. The van der Waals surface area contributed by atoms with Gasteiger partial charge in [0.1, 0.15) is 5.82 Å². The molecule has 0 saturated heterocycles. The van der Waals surface area contributed by atoms with E-state index in [-0.39, 0.29) is 11.9 Å². The zero-order valence-corrected chi connectivity index (χ0v) is 11.1. The Balaban J connectivity index is 2.17. The third-order valence-corrected chi connectivity index (χ3v) is 4.34. The summed E-state index contributed by atoms with van der Waals surface area (Å²) in [6.45, 7) is 2.02. The monoisotopic (exact) mass is 299 g/mol. The number of hydrogen-bond donors (Lipinski definition) is 1. The number of anilines is 1. The van der Waals surface area contributed by atoms with E-state index in [0.717, 1.165) is 4.47 Å². The van der Waals surface area contributed by atoms with Crippen LogP contribution in [0.15, 0.2) is 40.2 Å². The van der Waals surface area contributed by atoms with Crippen molar-refractivity contribution in [3.05, 3.63) is 50.9 Å². The van der Waals surface area contributed by atoms with Crippen molar-refractivity contribution in [2.75, 3.05) is 5.32 Å². The van der Waals surface area contributed by atoms with E-state index in [0.29, 0.717) is 5.69 Å². The third-order valence-electron chi connectivity index (χ3n) is 2.28. The van der Waals surface area contributed by atoms with E-state index >= 15 is 0 Å². The molecule has 84 valence electrons. The van der Waals surface area contributed by atoms with Crippen molar-refractivity contribution in [1.82, 2.24) is 0 Å². The highest BCUT2D eigenvalue weighted by atomic mass is 79.9. The van der Waals surface area contributed by atoms with Crippen LogP contribution in [0.3, 0.4) is 0 Å². The lowest BCUT2D eigenvalue weighted by molar-refractivity contribution is 0.628. The van der Waals surface area contributed by atoms with Gasteiger partial charge in [0, 0.05) is 9.35 Å². The Kier molecular flexibility index (Phi) is 3.61. The van der Waals surface area contributed by atoms with E-state index in [9.17, 15) is 4.39 Å². The van der Waals surface area contributed by atoms with E-state index in [4.69, 9.17) is 0 Å². The number of rotatable bonds is 3. The Morgan fingerprint density at radius 1 is 1.31 bits per heavy atom. The summed E-state index contributed by atoms with van der Waals surface area (Å²) in [7, 11) is 0. The first-order valence-electron chi connectivity index (χ1n) is 4.92. The van der Waals surface area contributed by atoms with Gasteiger partial charge in [-0.05, 0) is 46.4 Å². The van der Waals surface area contributed by atoms with Gasteiger partial charge in [-0.2, -0.15) is 0 Å². The van der Waals surface area contributed by atoms with Gasteiger partial charge in [0.15, 0.2) is 0 Å². The highest BCUT2D eigenvalue weighted by Gasteiger charge is 2.11. The van der Waals surface area contributed by atoms with Crippen LogP contribution in [-0.4, -0.2) is 0 Å². The first-order valence-corrected chi connectivity index (χ1v) is 6.59. The fraction of sp³-hybridized carbons (Fsp3) is 0.167. The zero-order valence-electron chi connectivity index (χ0n) is 8.71. The van der Waals surface area contributed by atoms with Crippen LogP contribution in [-0.2, 0) is 0 Å². The Morgan fingerprint density at radius 3 is 2.69 bits per heavy atom. The van der Waals surface area contributed by atoms with Gasteiger partial charge >= 0.3 is 0 Å². The van der Waals surface area contributed by atoms with Crippen LogP contribution < -0.4 is 5.32 Å². The second-order valence-electron chi connectivity index (χ2n) is 3.48. The van der Waals surface area contributed by atoms with Crippen LogP contribution in [0.4, 0.5) is 10.1 Å². The molecule has 1 aromatic heterocycles. The molecule has 0 aliphatic carbocycles. The summed E-state index contributed by atoms with van der Waals surface area (Å²) in [5.41, 5.74) is 0.537. The number of benzene rings is 1. The number of nitrogens with one attached hydrogen (secondary N) is 1. The number of para-hydroxylation sites is 1. The van der Waals surface area contributed by atoms with Gasteiger partial charge in [0.25, 0.3) is 0 Å². The second kappa shape index (κ2) is 4.97. The van der Waals surface area contributed by atoms with E-state index in [1.165, 1.54) is 10.9 Å². The standard InChI is InChI=1S/C12H11BrFNS/c1-8(12-9(13)6-7-16-12)15-11-5-3-2-4-10(11)14/h2-8,15H,1H3. The fourth-order valence-corrected chi connectivity index (χ4v) is 3.22. The lowest BCUT2D eigenvalue weighted by atomic mass is 10.2. The molecule has 0 amide bonds. The highest BCUT2D eigenvalue weighted by molar-refractivity contribution is 9.10. The summed E-state index contributed by atoms with van der Waals surface area (Å²) in [5, 5.41) is 5.17. The van der Waals surface area contributed by atoms with Crippen molar-refractivity contribution in [3.8, 4) is 0 Å². The largest absolute Gasteiger partial charge is 0.375 e. The van der Waals surface area contributed by atoms with Crippen LogP contribution in [0.25, 0.3) is 0 Å². The average molecular weight is 300 g/mol. The quantitative estimate of drug-likeness (QED) is 0.856. The van der Waals surface area contributed by atoms with Crippen LogP contribution >= 0.6 is 27.3 Å². The van der Waals surface area contributed by atoms with Crippen LogP contribution in [0.5, 0.6) is 0 Å². The van der Waals surface area contributed by atoms with E-state index in [2.05, 4.69) is 21.2 Å². The van der Waals surface area contributed by atoms with Gasteiger partial charge in [-0.3, -0.25) is 0 Å². The number of hydrogen-bond acceptors (Lipinski definition) is 2. The number of halogens is 2. The maximum atomic E-state index is 13.4. The molecule has 2 rings (SSSR count). The molecule has 1 unspecified atom stereocenters. The Morgan fingerprint density at radius 2 is 2.06 bits per heavy atom. The highest BCUT2D eigenvalue weighted by Crippen LogP contribution is 2.31. The van der Waals surface area contributed by atoms with Gasteiger partial charge in [-0.1, -0.05) is 12.1 Å². The van der Waals surface area contributed by atoms with Gasteiger partial charge in [0.05, 0.1) is 11.7 Å². The maximum absolute atomic E-state index is 13.4. The molecule has 0 saturated carbocycles. The van der Waals surface area contributed by atoms with Crippen molar-refractivity contribution >= 4 is 33.0 Å². The van der Waals surface area contributed by atoms with Gasteiger partial charge in [0.2, 0.25) is 0 Å². The normalized spacial score (nSPS) is 12.4. The Hall–Kier alpha value is -0.870. The van der Waals surface area contributed by atoms with Gasteiger partial charge in [-0.15, -0.1) is 11.3 Å². The van der Waals surface area contributed by atoms with E-state index in [1.807, 2.05) is 24.4 Å². The van der Waals surface area contributed by atoms with Crippen LogP contribution in [0.1, 0.15) is 17.8 Å². The summed E-state index contributed by atoms with van der Waals surface area (Å²) >= 11 is 5.13. The molecule has 0 radical (unpaired) electrons. The molecule has 0 fully saturated rings. The molecule has 0 aliphatic heterocycles. The van der Waals surface area contributed by atoms with Gasteiger partial charge in [-0.25, -0.2) is 4.39 Å². The maximum Gasteiger partial charge on any atom is 0.146 e. The molecule has 0 bridgehead atoms. The first-order chi connectivity index (χ1) is 7.68. The van der Waals surface area contributed by atoms with Crippen LogP contribution in [0.2, 0.25) is 0 Å². The summed E-state index contributed by atoms with van der Waals surface area (Å²) in [4.78, 5) is 1.17. The van der Waals surface area contributed by atoms with Crippen molar-refractivity contribution in [2.24, 2.45) is 0 Å². The molecule has 1 N–H and O–H groups in total. The third kappa shape index (κ3) is 2.44. The molecule has 0 spiro atoms. The topological polar surface area (TPSA) is 12.0 Å². The molecule has 1 nitrogen and oxygen atoms in total. The predicted octanol–water partition coefficient (Wildman–Crippen LogP) is 4.82. The number of thiophene rings is 1. The zero-order chi connectivity index (χ0) is 11.5. The molecule has 16 heavy (non-hydrogen) atoms. The molecular formula is C12H11BrFNS. The molecule has 2 aromatic rings. The molecule has 1 aromatic carbocycles. The van der Waals surface area contributed by atoms with E-state index < -0.39 is 0 Å². The van der Waals surface area contributed by atoms with Crippen molar-refractivity contribution in [3.63, 3.8) is 0 Å². The lowest BCUT2D eigenvalue weighted by Gasteiger charge is -2.14. The SMILES string of the molecule is CC(Nc1ccccc1F)c1sccc1Br. The van der Waals surface area contributed by atoms with Gasteiger partial charge < -0.3 is 5.32 Å². The molecule has 0 aliphatic rings. The minimum absolute atomic E-state index is 0.0891. The summed E-state index contributed by atoms with van der Waals surface area (Å²) in [5.74, 6) is -0.220. The average Bonchev–Trinajstić information content (AvgIpc) is 2.68. The molecule has 4 heteroatoms. The van der Waals surface area contributed by atoms with Crippen molar-refractivity contribution in [2.45, 2.75) is 13.0 Å². The minimum atomic E-state index is -0.220. The lowest BCUT2D eigenvalue weighted by Crippen LogP contribution is -2.06. The smallest absolute Gasteiger partial charge is 0.146 e.